The van der Waals surface area contributed by atoms with Crippen LogP contribution in [0.15, 0.2) is 59.8 Å². The monoisotopic (exact) mass is 576 g/mol. The maximum Gasteiger partial charge on any atom is 0.416 e. The standard InChI is InChI=1S/C26H27F3N6O3.CH4S/c1-16-21(23(36)38-3)22(18-10-8-17(15-30)9-11-18)35(25(37)33-13-5-12-32-2)24(31)34(16)20-7-4-6-19(14-20)26(27,28)29;1-2/h4,6-11,14,22,31-32H,5,12-13H2,1-3H3,(H,33,37);2H,1H3. The van der Waals surface area contributed by atoms with Crippen LogP contribution in [-0.2, 0) is 15.7 Å². The molecule has 0 bridgehead atoms. The maximum atomic E-state index is 13.5. The Morgan fingerprint density at radius 3 is 2.35 bits per heavy atom. The Bertz CT molecular complexity index is 1290. The van der Waals surface area contributed by atoms with E-state index in [1.165, 1.54) is 31.2 Å². The highest BCUT2D eigenvalue weighted by atomic mass is 32.1. The Labute approximate surface area is 236 Å². The van der Waals surface area contributed by atoms with E-state index in [9.17, 15) is 28.0 Å². The highest BCUT2D eigenvalue weighted by molar-refractivity contribution is 7.79. The van der Waals surface area contributed by atoms with Gasteiger partial charge >= 0.3 is 18.2 Å². The van der Waals surface area contributed by atoms with Crippen molar-refractivity contribution in [3.05, 3.63) is 76.5 Å². The molecule has 0 saturated carbocycles. The Kier molecular flexibility index (Phi) is 11.6. The van der Waals surface area contributed by atoms with Gasteiger partial charge in [0.2, 0.25) is 5.96 Å². The number of guanidine groups is 1. The summed E-state index contributed by atoms with van der Waals surface area (Å²) in [5, 5.41) is 23.8. The number of carbonyl (C=O) groups excluding carboxylic acids is 2. The maximum absolute atomic E-state index is 13.5. The molecule has 1 heterocycles. The second-order valence-electron chi connectivity index (χ2n) is 8.39. The number of thiol groups is 1. The highest BCUT2D eigenvalue weighted by Gasteiger charge is 2.44. The van der Waals surface area contributed by atoms with Gasteiger partial charge in [-0.3, -0.25) is 15.2 Å². The molecular weight excluding hydrogens is 545 g/mol. The molecule has 40 heavy (non-hydrogen) atoms. The molecule has 3 N–H and O–H groups in total. The van der Waals surface area contributed by atoms with E-state index >= 15 is 0 Å². The first-order chi connectivity index (χ1) is 19.0. The molecule has 214 valence electrons. The van der Waals surface area contributed by atoms with Crippen LogP contribution in [0.1, 0.15) is 36.1 Å². The van der Waals surface area contributed by atoms with E-state index < -0.39 is 35.7 Å². The van der Waals surface area contributed by atoms with Gasteiger partial charge in [0.05, 0.1) is 29.9 Å². The van der Waals surface area contributed by atoms with Crippen molar-refractivity contribution in [2.24, 2.45) is 0 Å². The van der Waals surface area contributed by atoms with Gasteiger partial charge in [-0.05, 0) is 69.1 Å². The summed E-state index contributed by atoms with van der Waals surface area (Å²) in [4.78, 5) is 28.7. The number of carbonyl (C=O) groups is 2. The van der Waals surface area contributed by atoms with Crippen molar-refractivity contribution in [1.82, 2.24) is 15.5 Å². The number of esters is 1. The highest BCUT2D eigenvalue weighted by Crippen LogP contribution is 2.41. The van der Waals surface area contributed by atoms with Crippen molar-refractivity contribution in [2.45, 2.75) is 25.6 Å². The number of rotatable bonds is 7. The van der Waals surface area contributed by atoms with Crippen LogP contribution in [0, 0.1) is 16.7 Å². The van der Waals surface area contributed by atoms with Gasteiger partial charge < -0.3 is 15.4 Å². The fourth-order valence-corrected chi connectivity index (χ4v) is 4.16. The largest absolute Gasteiger partial charge is 0.466 e. The van der Waals surface area contributed by atoms with Crippen molar-refractivity contribution in [3.63, 3.8) is 0 Å². The van der Waals surface area contributed by atoms with Gasteiger partial charge in [-0.25, -0.2) is 9.59 Å². The van der Waals surface area contributed by atoms with Crippen LogP contribution in [0.2, 0.25) is 0 Å². The molecule has 1 unspecified atom stereocenters. The summed E-state index contributed by atoms with van der Waals surface area (Å²) in [6.07, 6.45) is -2.38. The lowest BCUT2D eigenvalue weighted by molar-refractivity contribution is -0.138. The smallest absolute Gasteiger partial charge is 0.416 e. The molecular formula is C27H31F3N6O3S. The first-order valence-electron chi connectivity index (χ1n) is 12.1. The van der Waals surface area contributed by atoms with E-state index in [1.54, 1.807) is 25.4 Å². The number of nitriles is 1. The molecule has 1 aliphatic rings. The predicted molar refractivity (Wildman–Crippen MR) is 149 cm³/mol. The number of nitrogens with zero attached hydrogens (tertiary/aromatic N) is 3. The zero-order valence-electron chi connectivity index (χ0n) is 22.5. The van der Waals surface area contributed by atoms with Gasteiger partial charge in [-0.1, -0.05) is 18.2 Å². The Morgan fingerprint density at radius 1 is 1.15 bits per heavy atom. The number of nitrogens with one attached hydrogen (secondary N) is 3. The van der Waals surface area contributed by atoms with Gasteiger partial charge in [0.25, 0.3) is 0 Å². The number of anilines is 1. The molecule has 2 aromatic carbocycles. The third-order valence-corrected chi connectivity index (χ3v) is 5.99. The normalized spacial score (nSPS) is 15.2. The van der Waals surface area contributed by atoms with Crippen molar-refractivity contribution in [3.8, 4) is 6.07 Å². The number of amides is 2. The van der Waals surface area contributed by atoms with E-state index in [4.69, 9.17) is 10.1 Å². The number of alkyl halides is 3. The minimum absolute atomic E-state index is 0.0454. The van der Waals surface area contributed by atoms with E-state index in [0.717, 1.165) is 29.0 Å². The minimum atomic E-state index is -4.65. The first-order valence-corrected chi connectivity index (χ1v) is 13.0. The number of allylic oxidation sites excluding steroid dienone is 1. The average Bonchev–Trinajstić information content (AvgIpc) is 2.95. The van der Waals surface area contributed by atoms with Crippen LogP contribution >= 0.6 is 12.6 Å². The fourth-order valence-electron chi connectivity index (χ4n) is 4.16. The van der Waals surface area contributed by atoms with Crippen molar-refractivity contribution in [2.75, 3.05) is 38.4 Å². The number of benzene rings is 2. The third-order valence-electron chi connectivity index (χ3n) is 5.99. The summed E-state index contributed by atoms with van der Waals surface area (Å²) in [6, 6.07) is 10.5. The quantitative estimate of drug-likeness (QED) is 0.216. The molecule has 2 amide bonds. The minimum Gasteiger partial charge on any atom is -0.466 e. The second kappa shape index (κ2) is 14.4. The molecule has 0 aliphatic carbocycles. The Hall–Kier alpha value is -4.02. The van der Waals surface area contributed by atoms with Crippen molar-refractivity contribution < 1.29 is 27.5 Å². The summed E-state index contributed by atoms with van der Waals surface area (Å²) < 4.78 is 45.4. The summed E-state index contributed by atoms with van der Waals surface area (Å²) in [7, 11) is 2.90. The molecule has 1 atom stereocenters. The first kappa shape index (κ1) is 32.2. The molecule has 0 aromatic heterocycles. The van der Waals surface area contributed by atoms with Crippen LogP contribution < -0.4 is 15.5 Å². The Balaban J connectivity index is 0.00000274. The fraction of sp³-hybridized carbons (Fsp3) is 0.333. The van der Waals surface area contributed by atoms with E-state index in [2.05, 4.69) is 23.3 Å². The molecule has 0 fully saturated rings. The van der Waals surface area contributed by atoms with Gasteiger partial charge in [-0.2, -0.15) is 31.1 Å². The topological polar surface area (TPSA) is 122 Å². The number of hydrogen-bond acceptors (Lipinski definition) is 7. The zero-order valence-corrected chi connectivity index (χ0v) is 23.4. The molecule has 0 spiro atoms. The van der Waals surface area contributed by atoms with E-state index in [-0.39, 0.29) is 23.5 Å². The summed E-state index contributed by atoms with van der Waals surface area (Å²) in [6.45, 7) is 2.32. The molecule has 2 aromatic rings. The summed E-state index contributed by atoms with van der Waals surface area (Å²) in [5.74, 6) is -1.29. The van der Waals surface area contributed by atoms with Crippen LogP contribution in [-0.4, -0.2) is 56.4 Å². The molecule has 1 aliphatic heterocycles. The van der Waals surface area contributed by atoms with Crippen LogP contribution in [0.3, 0.4) is 0 Å². The predicted octanol–water partition coefficient (Wildman–Crippen LogP) is 4.69. The Morgan fingerprint density at radius 2 is 1.80 bits per heavy atom. The molecule has 0 radical (unpaired) electrons. The number of methoxy groups -OCH3 is 1. The molecule has 13 heteroatoms. The number of halogens is 3. The van der Waals surface area contributed by atoms with Gasteiger partial charge in [0.15, 0.2) is 0 Å². The summed E-state index contributed by atoms with van der Waals surface area (Å²) >= 11 is 3.53. The second-order valence-corrected chi connectivity index (χ2v) is 8.39. The van der Waals surface area contributed by atoms with E-state index in [0.29, 0.717) is 24.1 Å². The molecule has 9 nitrogen and oxygen atoms in total. The average molecular weight is 577 g/mol. The van der Waals surface area contributed by atoms with Gasteiger partial charge in [0.1, 0.15) is 6.04 Å². The number of urea groups is 1. The van der Waals surface area contributed by atoms with Crippen LogP contribution in [0.25, 0.3) is 0 Å². The van der Waals surface area contributed by atoms with E-state index in [1.807, 2.05) is 6.07 Å². The number of hydrogen-bond donors (Lipinski definition) is 4. The third kappa shape index (κ3) is 7.13. The van der Waals surface area contributed by atoms with Gasteiger partial charge in [0, 0.05) is 17.9 Å². The lowest BCUT2D eigenvalue weighted by Gasteiger charge is -2.43. The van der Waals surface area contributed by atoms with Gasteiger partial charge in [-0.15, -0.1) is 0 Å². The SMILES string of the molecule is CNCCCNC(=O)N1C(=N)N(c2cccc(C(F)(F)F)c2)C(C)=C(C(=O)OC)C1c1ccc(C#N)cc1.CS. The van der Waals surface area contributed by atoms with Crippen molar-refractivity contribution in [1.29, 1.82) is 10.7 Å². The molecule has 0 saturated heterocycles. The zero-order chi connectivity index (χ0) is 30.0. The summed E-state index contributed by atoms with van der Waals surface area (Å²) in [5.41, 5.74) is -0.190. The van der Waals surface area contributed by atoms with Crippen LogP contribution in [0.5, 0.6) is 0 Å². The van der Waals surface area contributed by atoms with Crippen molar-refractivity contribution >= 4 is 36.3 Å². The lowest BCUT2D eigenvalue weighted by atomic mass is 9.92. The molecule has 3 rings (SSSR count). The number of ether oxygens (including phenoxy) is 1. The lowest BCUT2D eigenvalue weighted by Crippen LogP contribution is -2.56. The van der Waals surface area contributed by atoms with Crippen LogP contribution in [0.4, 0.5) is 23.7 Å².